The molecule has 0 aromatic carbocycles. The van der Waals surface area contributed by atoms with Crippen LogP contribution < -0.4 is 5.32 Å². The number of thiophene rings is 2. The molecule has 0 radical (unpaired) electrons. The van der Waals surface area contributed by atoms with E-state index >= 15 is 0 Å². The molecule has 0 fully saturated rings. The fraction of sp³-hybridized carbons (Fsp3) is 0.333. The van der Waals surface area contributed by atoms with E-state index in [2.05, 4.69) is 52.6 Å². The van der Waals surface area contributed by atoms with Crippen LogP contribution in [0.25, 0.3) is 0 Å². The summed E-state index contributed by atoms with van der Waals surface area (Å²) in [7, 11) is 0. The molecule has 0 amide bonds. The minimum atomic E-state index is 0.939. The van der Waals surface area contributed by atoms with E-state index in [0.29, 0.717) is 0 Å². The lowest BCUT2D eigenvalue weighted by Crippen LogP contribution is -2.10. The normalized spacial score (nSPS) is 10.9. The van der Waals surface area contributed by atoms with Crippen molar-refractivity contribution in [3.63, 3.8) is 0 Å². The average molecular weight is 316 g/mol. The summed E-state index contributed by atoms with van der Waals surface area (Å²) in [5, 5.41) is 5.59. The second-order valence-corrected chi connectivity index (χ2v) is 6.94. The Morgan fingerprint density at radius 3 is 2.69 bits per heavy atom. The van der Waals surface area contributed by atoms with Crippen LogP contribution in [0.1, 0.15) is 20.2 Å². The molecule has 0 saturated heterocycles. The van der Waals surface area contributed by atoms with Gasteiger partial charge in [-0.05, 0) is 52.9 Å². The minimum absolute atomic E-state index is 0.939. The fourth-order valence-electron chi connectivity index (χ4n) is 1.49. The highest BCUT2D eigenvalue weighted by Gasteiger charge is 2.03. The number of aryl methyl sites for hydroxylation is 2. The standard InChI is InChI=1S/C12H14BrNS2/c1-8-5-10(16-9(8)2)6-14-7-12-11(13)3-4-15-12/h3-5,14H,6-7H2,1-2H3. The maximum atomic E-state index is 3.54. The first-order valence-corrected chi connectivity index (χ1v) is 7.64. The van der Waals surface area contributed by atoms with Crippen molar-refractivity contribution in [1.82, 2.24) is 5.32 Å². The molecule has 0 bridgehead atoms. The lowest BCUT2D eigenvalue weighted by molar-refractivity contribution is 0.707. The first kappa shape index (κ1) is 12.3. The molecule has 2 aromatic rings. The van der Waals surface area contributed by atoms with E-state index in [1.807, 2.05) is 11.3 Å². The zero-order valence-corrected chi connectivity index (χ0v) is 12.6. The summed E-state index contributed by atoms with van der Waals surface area (Å²) >= 11 is 7.21. The molecule has 0 aliphatic carbocycles. The molecule has 0 spiro atoms. The van der Waals surface area contributed by atoms with Crippen molar-refractivity contribution in [3.8, 4) is 0 Å². The number of hydrogen-bond donors (Lipinski definition) is 1. The number of halogens is 1. The van der Waals surface area contributed by atoms with Gasteiger partial charge in [0, 0.05) is 32.2 Å². The van der Waals surface area contributed by atoms with E-state index in [0.717, 1.165) is 13.1 Å². The first-order valence-electron chi connectivity index (χ1n) is 5.15. The number of nitrogens with one attached hydrogen (secondary N) is 1. The third-order valence-corrected chi connectivity index (χ3v) is 5.57. The summed E-state index contributed by atoms with van der Waals surface area (Å²) in [4.78, 5) is 4.21. The molecule has 0 aliphatic heterocycles. The molecule has 0 unspecified atom stereocenters. The Morgan fingerprint density at radius 1 is 1.31 bits per heavy atom. The molecule has 86 valence electrons. The van der Waals surface area contributed by atoms with Gasteiger partial charge in [-0.2, -0.15) is 0 Å². The van der Waals surface area contributed by atoms with Gasteiger partial charge in [0.05, 0.1) is 0 Å². The second-order valence-electron chi connectivity index (χ2n) is 3.75. The quantitative estimate of drug-likeness (QED) is 0.877. The van der Waals surface area contributed by atoms with Gasteiger partial charge in [0.2, 0.25) is 0 Å². The Hall–Kier alpha value is -0.160. The molecule has 4 heteroatoms. The summed E-state index contributed by atoms with van der Waals surface area (Å²) < 4.78 is 1.21. The summed E-state index contributed by atoms with van der Waals surface area (Å²) in [6, 6.07) is 4.37. The number of hydrogen-bond acceptors (Lipinski definition) is 3. The Balaban J connectivity index is 1.87. The summed E-state index contributed by atoms with van der Waals surface area (Å²) in [6.45, 7) is 6.25. The van der Waals surface area contributed by atoms with Crippen LogP contribution in [-0.2, 0) is 13.1 Å². The van der Waals surface area contributed by atoms with Crippen LogP contribution in [0.4, 0.5) is 0 Å². The lowest BCUT2D eigenvalue weighted by Gasteiger charge is -2.01. The molecule has 0 aliphatic rings. The highest BCUT2D eigenvalue weighted by Crippen LogP contribution is 2.23. The molecule has 2 aromatic heterocycles. The van der Waals surface area contributed by atoms with Gasteiger partial charge in [0.15, 0.2) is 0 Å². The second kappa shape index (κ2) is 5.45. The minimum Gasteiger partial charge on any atom is -0.307 e. The maximum Gasteiger partial charge on any atom is 0.0327 e. The van der Waals surface area contributed by atoms with Crippen LogP contribution >= 0.6 is 38.6 Å². The summed E-state index contributed by atoms with van der Waals surface area (Å²) in [5.41, 5.74) is 1.40. The average Bonchev–Trinajstić information content (AvgIpc) is 2.76. The predicted octanol–water partition coefficient (Wildman–Crippen LogP) is 4.48. The van der Waals surface area contributed by atoms with Gasteiger partial charge in [-0.1, -0.05) is 0 Å². The summed E-state index contributed by atoms with van der Waals surface area (Å²) in [6.07, 6.45) is 0. The SMILES string of the molecule is Cc1cc(CNCc2sccc2Br)sc1C. The molecule has 1 nitrogen and oxygen atoms in total. The molecule has 0 saturated carbocycles. The molecule has 2 rings (SSSR count). The Bertz CT molecular complexity index is 454. The van der Waals surface area contributed by atoms with E-state index < -0.39 is 0 Å². The van der Waals surface area contributed by atoms with Gasteiger partial charge in [0.25, 0.3) is 0 Å². The molecule has 1 N–H and O–H groups in total. The van der Waals surface area contributed by atoms with Crippen LogP contribution in [0.2, 0.25) is 0 Å². The van der Waals surface area contributed by atoms with Crippen molar-refractivity contribution in [2.75, 3.05) is 0 Å². The fourth-order valence-corrected chi connectivity index (χ4v) is 3.97. The monoisotopic (exact) mass is 315 g/mol. The van der Waals surface area contributed by atoms with Crippen molar-refractivity contribution in [2.24, 2.45) is 0 Å². The van der Waals surface area contributed by atoms with Crippen molar-refractivity contribution >= 4 is 38.6 Å². The third-order valence-electron chi connectivity index (χ3n) is 2.49. The first-order chi connectivity index (χ1) is 7.66. The Morgan fingerprint density at radius 2 is 2.12 bits per heavy atom. The molecular weight excluding hydrogens is 302 g/mol. The largest absolute Gasteiger partial charge is 0.307 e. The van der Waals surface area contributed by atoms with Crippen molar-refractivity contribution in [1.29, 1.82) is 0 Å². The van der Waals surface area contributed by atoms with Gasteiger partial charge >= 0.3 is 0 Å². The highest BCUT2D eigenvalue weighted by atomic mass is 79.9. The highest BCUT2D eigenvalue weighted by molar-refractivity contribution is 9.10. The van der Waals surface area contributed by atoms with Gasteiger partial charge in [0.1, 0.15) is 0 Å². The Labute approximate surface area is 113 Å². The third kappa shape index (κ3) is 2.94. The smallest absolute Gasteiger partial charge is 0.0327 e. The van der Waals surface area contributed by atoms with Crippen molar-refractivity contribution < 1.29 is 0 Å². The number of rotatable bonds is 4. The zero-order chi connectivity index (χ0) is 11.5. The van der Waals surface area contributed by atoms with Crippen LogP contribution in [-0.4, -0.2) is 0 Å². The zero-order valence-electron chi connectivity index (χ0n) is 9.34. The van der Waals surface area contributed by atoms with E-state index in [1.54, 1.807) is 11.3 Å². The van der Waals surface area contributed by atoms with Crippen LogP contribution in [0, 0.1) is 13.8 Å². The van der Waals surface area contributed by atoms with Crippen LogP contribution in [0.5, 0.6) is 0 Å². The van der Waals surface area contributed by atoms with Crippen LogP contribution in [0.3, 0.4) is 0 Å². The van der Waals surface area contributed by atoms with Gasteiger partial charge < -0.3 is 5.32 Å². The summed E-state index contributed by atoms with van der Waals surface area (Å²) in [5.74, 6) is 0. The van der Waals surface area contributed by atoms with Crippen LogP contribution in [0.15, 0.2) is 22.0 Å². The van der Waals surface area contributed by atoms with E-state index in [4.69, 9.17) is 0 Å². The van der Waals surface area contributed by atoms with E-state index in [-0.39, 0.29) is 0 Å². The van der Waals surface area contributed by atoms with E-state index in [1.165, 1.54) is 24.7 Å². The Kier molecular flexibility index (Phi) is 4.19. The molecule has 16 heavy (non-hydrogen) atoms. The molecular formula is C12H14BrNS2. The van der Waals surface area contributed by atoms with E-state index in [9.17, 15) is 0 Å². The molecule has 2 heterocycles. The van der Waals surface area contributed by atoms with Crippen molar-refractivity contribution in [3.05, 3.63) is 42.2 Å². The molecule has 0 atom stereocenters. The topological polar surface area (TPSA) is 12.0 Å². The van der Waals surface area contributed by atoms with Gasteiger partial charge in [-0.3, -0.25) is 0 Å². The van der Waals surface area contributed by atoms with Crippen molar-refractivity contribution in [2.45, 2.75) is 26.9 Å². The lowest BCUT2D eigenvalue weighted by atomic mass is 10.3. The predicted molar refractivity (Wildman–Crippen MR) is 76.4 cm³/mol. The van der Waals surface area contributed by atoms with Gasteiger partial charge in [-0.25, -0.2) is 0 Å². The maximum absolute atomic E-state index is 3.54. The van der Waals surface area contributed by atoms with Gasteiger partial charge in [-0.15, -0.1) is 22.7 Å².